The van der Waals surface area contributed by atoms with Gasteiger partial charge < -0.3 is 49.7 Å². The van der Waals surface area contributed by atoms with E-state index in [2.05, 4.69) is 33.6 Å². The van der Waals surface area contributed by atoms with Crippen LogP contribution in [0.3, 0.4) is 0 Å². The minimum Gasteiger partial charge on any atom is -0.480 e. The molecular formula is C18H33N9O7S. The maximum Gasteiger partial charge on any atom is 0.327 e. The van der Waals surface area contributed by atoms with Crippen LogP contribution in [0.2, 0.25) is 0 Å². The predicted molar refractivity (Wildman–Crippen MR) is 127 cm³/mol. The Kier molecular flexibility index (Phi) is 14.4. The van der Waals surface area contributed by atoms with Gasteiger partial charge in [-0.15, -0.1) is 0 Å². The van der Waals surface area contributed by atoms with Gasteiger partial charge in [-0.1, -0.05) is 0 Å². The molecule has 0 spiro atoms. The Labute approximate surface area is 206 Å². The summed E-state index contributed by atoms with van der Waals surface area (Å²) in [5.41, 5.74) is 26.5. The van der Waals surface area contributed by atoms with Crippen molar-refractivity contribution < 1.29 is 33.9 Å². The smallest absolute Gasteiger partial charge is 0.327 e. The molecule has 16 nitrogen and oxygen atoms in total. The third kappa shape index (κ3) is 13.6. The number of carbonyl (C=O) groups is 6. The molecule has 0 aliphatic rings. The topological polar surface area (TPSA) is 301 Å². The number of aliphatic carboxylic acids is 1. The molecule has 0 radical (unpaired) electrons. The minimum atomic E-state index is -1.51. The zero-order valence-corrected chi connectivity index (χ0v) is 19.8. The van der Waals surface area contributed by atoms with Crippen LogP contribution in [0.1, 0.15) is 32.1 Å². The number of hydrogen-bond acceptors (Lipinski definition) is 9. The molecule has 0 saturated heterocycles. The van der Waals surface area contributed by atoms with Crippen molar-refractivity contribution in [2.45, 2.75) is 56.3 Å². The van der Waals surface area contributed by atoms with E-state index in [9.17, 15) is 28.8 Å². The molecule has 0 aromatic carbocycles. The summed E-state index contributed by atoms with van der Waals surface area (Å²) in [5.74, 6) is -6.19. The number of thiol groups is 1. The highest BCUT2D eigenvalue weighted by molar-refractivity contribution is 7.80. The van der Waals surface area contributed by atoms with E-state index < -0.39 is 66.1 Å². The van der Waals surface area contributed by atoms with Gasteiger partial charge in [-0.2, -0.15) is 12.6 Å². The van der Waals surface area contributed by atoms with E-state index in [1.165, 1.54) is 0 Å². The van der Waals surface area contributed by atoms with E-state index >= 15 is 0 Å². The second-order valence-electron chi connectivity index (χ2n) is 7.44. The summed E-state index contributed by atoms with van der Waals surface area (Å²) in [6.45, 7) is 0.217. The first-order valence-corrected chi connectivity index (χ1v) is 11.0. The molecule has 0 heterocycles. The lowest BCUT2D eigenvalue weighted by Crippen LogP contribution is -2.58. The van der Waals surface area contributed by atoms with Crippen molar-refractivity contribution in [3.8, 4) is 0 Å². The molecule has 0 aliphatic heterocycles. The van der Waals surface area contributed by atoms with E-state index in [0.717, 1.165) is 0 Å². The third-order valence-corrected chi connectivity index (χ3v) is 4.82. The SMILES string of the molecule is NC(=O)CCC(NC(=O)C(CC(N)=O)NC(=O)C(N)CCCN=C(N)N)C(=O)NC(CS)C(=O)O. The number of amides is 5. The Balaban J connectivity index is 5.40. The van der Waals surface area contributed by atoms with Gasteiger partial charge in [0.1, 0.15) is 18.1 Å². The van der Waals surface area contributed by atoms with Crippen LogP contribution < -0.4 is 44.6 Å². The van der Waals surface area contributed by atoms with Crippen LogP contribution in [0.5, 0.6) is 0 Å². The highest BCUT2D eigenvalue weighted by Crippen LogP contribution is 2.03. The zero-order chi connectivity index (χ0) is 27.1. The van der Waals surface area contributed by atoms with Crippen LogP contribution in [0.15, 0.2) is 4.99 Å². The fraction of sp³-hybridized carbons (Fsp3) is 0.611. The highest BCUT2D eigenvalue weighted by Gasteiger charge is 2.31. The fourth-order valence-electron chi connectivity index (χ4n) is 2.63. The van der Waals surface area contributed by atoms with Crippen molar-refractivity contribution in [1.82, 2.24) is 16.0 Å². The fourth-order valence-corrected chi connectivity index (χ4v) is 2.87. The molecule has 0 rings (SSSR count). The Morgan fingerprint density at radius 3 is 1.83 bits per heavy atom. The Bertz CT molecular complexity index is 820. The molecule has 198 valence electrons. The van der Waals surface area contributed by atoms with Gasteiger partial charge in [0.25, 0.3) is 0 Å². The summed E-state index contributed by atoms with van der Waals surface area (Å²) in [5, 5.41) is 15.8. The molecule has 35 heavy (non-hydrogen) atoms. The molecule has 4 unspecified atom stereocenters. The van der Waals surface area contributed by atoms with Gasteiger partial charge in [0.05, 0.1) is 12.5 Å². The summed E-state index contributed by atoms with van der Waals surface area (Å²) in [6.07, 6.45) is -0.739. The monoisotopic (exact) mass is 519 g/mol. The van der Waals surface area contributed by atoms with Crippen molar-refractivity contribution in [2.24, 2.45) is 33.7 Å². The molecule has 5 amide bonds. The van der Waals surface area contributed by atoms with Gasteiger partial charge in [-0.25, -0.2) is 4.79 Å². The predicted octanol–water partition coefficient (Wildman–Crippen LogP) is -5.02. The van der Waals surface area contributed by atoms with Crippen LogP contribution in [0.25, 0.3) is 0 Å². The van der Waals surface area contributed by atoms with Crippen molar-refractivity contribution in [3.63, 3.8) is 0 Å². The molecule has 0 bridgehead atoms. The normalized spacial score (nSPS) is 13.9. The van der Waals surface area contributed by atoms with Crippen LogP contribution in [0.4, 0.5) is 0 Å². The lowest BCUT2D eigenvalue weighted by molar-refractivity contribution is -0.142. The summed E-state index contributed by atoms with van der Waals surface area (Å²) < 4.78 is 0. The average Bonchev–Trinajstić information content (AvgIpc) is 2.75. The number of rotatable bonds is 17. The van der Waals surface area contributed by atoms with Gasteiger partial charge in [-0.3, -0.25) is 29.0 Å². The van der Waals surface area contributed by atoms with Gasteiger partial charge in [0, 0.05) is 18.7 Å². The Morgan fingerprint density at radius 2 is 1.34 bits per heavy atom. The number of hydrogen-bond donors (Lipinski definition) is 10. The maximum absolute atomic E-state index is 12.8. The van der Waals surface area contributed by atoms with E-state index in [1.54, 1.807) is 0 Å². The van der Waals surface area contributed by atoms with E-state index in [4.69, 9.17) is 33.8 Å². The standard InChI is InChI=1S/C18H33N9O7S/c19-8(2-1-5-24-18(22)23)14(30)26-10(6-13(21)29)16(32)25-9(3-4-12(20)28)15(31)27-11(7-35)17(33)34/h8-11,35H,1-7,19H2,(H2,20,28)(H2,21,29)(H,25,32)(H,26,30)(H,27,31)(H,33,34)(H4,22,23,24). The second kappa shape index (κ2) is 16.1. The van der Waals surface area contributed by atoms with Crippen molar-refractivity contribution >= 4 is 54.1 Å². The molecular weight excluding hydrogens is 486 g/mol. The highest BCUT2D eigenvalue weighted by atomic mass is 32.1. The van der Waals surface area contributed by atoms with Crippen LogP contribution in [-0.2, 0) is 28.8 Å². The largest absolute Gasteiger partial charge is 0.480 e. The molecule has 0 aromatic heterocycles. The number of carbonyl (C=O) groups excluding carboxylic acids is 5. The summed E-state index contributed by atoms with van der Waals surface area (Å²) >= 11 is 3.83. The van der Waals surface area contributed by atoms with E-state index in [-0.39, 0.29) is 37.5 Å². The third-order valence-electron chi connectivity index (χ3n) is 4.45. The molecule has 0 aromatic rings. The molecule has 17 heteroatoms. The van der Waals surface area contributed by atoms with Crippen LogP contribution in [-0.4, -0.2) is 83.0 Å². The molecule has 0 fully saturated rings. The Morgan fingerprint density at radius 1 is 0.800 bits per heavy atom. The number of carboxylic acid groups (broad SMARTS) is 1. The molecule has 0 saturated carbocycles. The number of primary amides is 2. The number of nitrogens with two attached hydrogens (primary N) is 5. The van der Waals surface area contributed by atoms with Crippen molar-refractivity contribution in [3.05, 3.63) is 0 Å². The van der Waals surface area contributed by atoms with Crippen LogP contribution >= 0.6 is 12.6 Å². The van der Waals surface area contributed by atoms with Crippen LogP contribution in [0, 0.1) is 0 Å². The van der Waals surface area contributed by atoms with Gasteiger partial charge in [0.15, 0.2) is 5.96 Å². The number of carboxylic acids is 1. The zero-order valence-electron chi connectivity index (χ0n) is 18.9. The van der Waals surface area contributed by atoms with Gasteiger partial charge >= 0.3 is 5.97 Å². The first-order chi connectivity index (χ1) is 16.3. The van der Waals surface area contributed by atoms with E-state index in [1.807, 2.05) is 0 Å². The lowest BCUT2D eigenvalue weighted by atomic mass is 10.1. The van der Waals surface area contributed by atoms with E-state index in [0.29, 0.717) is 6.42 Å². The number of guanidine groups is 1. The average molecular weight is 520 g/mol. The molecule has 14 N–H and O–H groups in total. The van der Waals surface area contributed by atoms with Crippen molar-refractivity contribution in [2.75, 3.05) is 12.3 Å². The maximum atomic E-state index is 12.8. The number of aliphatic imine (C=N–C) groups is 1. The Hall–Kier alpha value is -3.60. The summed E-state index contributed by atoms with van der Waals surface area (Å²) in [4.78, 5) is 75.2. The lowest BCUT2D eigenvalue weighted by Gasteiger charge is -2.24. The quantitative estimate of drug-likeness (QED) is 0.0377. The summed E-state index contributed by atoms with van der Waals surface area (Å²) in [7, 11) is 0. The minimum absolute atomic E-state index is 0.125. The van der Waals surface area contributed by atoms with Crippen molar-refractivity contribution in [1.29, 1.82) is 0 Å². The number of nitrogens with one attached hydrogen (secondary N) is 3. The van der Waals surface area contributed by atoms with Gasteiger partial charge in [-0.05, 0) is 19.3 Å². The first kappa shape index (κ1) is 31.4. The number of nitrogens with zero attached hydrogens (tertiary/aromatic N) is 1. The molecule has 0 aliphatic carbocycles. The first-order valence-electron chi connectivity index (χ1n) is 10.4. The summed E-state index contributed by atoms with van der Waals surface area (Å²) in [6, 6.07) is -5.38. The van der Waals surface area contributed by atoms with Gasteiger partial charge in [0.2, 0.25) is 29.5 Å². The molecule has 4 atom stereocenters. The second-order valence-corrected chi connectivity index (χ2v) is 7.80.